The van der Waals surface area contributed by atoms with Crippen LogP contribution in [0.2, 0.25) is 0 Å². The van der Waals surface area contributed by atoms with Gasteiger partial charge in [-0.25, -0.2) is 22.8 Å². The largest absolute Gasteiger partial charge is 0.293 e. The molecule has 1 aromatic carbocycles. The lowest BCUT2D eigenvalue weighted by Crippen LogP contribution is -2.46. The third kappa shape index (κ3) is 4.18. The molecule has 1 aliphatic heterocycles. The molecule has 0 radical (unpaired) electrons. The van der Waals surface area contributed by atoms with E-state index >= 15 is 4.39 Å². The highest BCUT2D eigenvalue weighted by atomic mass is 32.2. The number of amides is 1. The molecule has 2 heterocycles. The predicted molar refractivity (Wildman–Crippen MR) is 126 cm³/mol. The lowest BCUT2D eigenvalue weighted by molar-refractivity contribution is -0.118. The summed E-state index contributed by atoms with van der Waals surface area (Å²) in [6.45, 7) is 4.13. The van der Waals surface area contributed by atoms with E-state index in [0.29, 0.717) is 30.0 Å². The highest BCUT2D eigenvalue weighted by Crippen LogP contribution is 2.42. The van der Waals surface area contributed by atoms with Crippen molar-refractivity contribution in [2.75, 3.05) is 11.4 Å². The van der Waals surface area contributed by atoms with Crippen LogP contribution in [0.15, 0.2) is 30.5 Å². The molecule has 0 saturated heterocycles. The quantitative estimate of drug-likeness (QED) is 0.624. The number of sulfone groups is 1. The average Bonchev–Trinajstić information content (AvgIpc) is 3.60. The van der Waals surface area contributed by atoms with Crippen LogP contribution in [-0.4, -0.2) is 47.0 Å². The zero-order valence-corrected chi connectivity index (χ0v) is 19.9. The Kier molecular flexibility index (Phi) is 5.54. The van der Waals surface area contributed by atoms with Crippen LogP contribution in [0, 0.1) is 0 Å². The van der Waals surface area contributed by atoms with E-state index in [0.717, 1.165) is 24.0 Å². The summed E-state index contributed by atoms with van der Waals surface area (Å²) in [5.74, 6) is 1.11. The number of hydrogen-bond acceptors (Lipinski definition) is 5. The Labute approximate surface area is 194 Å². The van der Waals surface area contributed by atoms with Gasteiger partial charge in [0.2, 0.25) is 5.91 Å². The van der Waals surface area contributed by atoms with Crippen molar-refractivity contribution in [2.45, 2.75) is 80.9 Å². The third-order valence-electron chi connectivity index (χ3n) is 7.29. The van der Waals surface area contributed by atoms with Gasteiger partial charge in [-0.05, 0) is 50.0 Å². The third-order valence-corrected chi connectivity index (χ3v) is 10.1. The highest BCUT2D eigenvalue weighted by molar-refractivity contribution is 7.92. The number of hydrogen-bond donors (Lipinski definition) is 0. The summed E-state index contributed by atoms with van der Waals surface area (Å²) in [7, 11) is -3.14. The first-order chi connectivity index (χ1) is 15.7. The van der Waals surface area contributed by atoms with E-state index in [2.05, 4.69) is 18.8 Å². The van der Waals surface area contributed by atoms with Crippen LogP contribution in [0.4, 0.5) is 10.2 Å². The molecule has 2 aromatic rings. The molecule has 0 atom stereocenters. The van der Waals surface area contributed by atoms with Crippen molar-refractivity contribution in [3.63, 3.8) is 0 Å². The van der Waals surface area contributed by atoms with Crippen LogP contribution in [0.25, 0.3) is 11.4 Å². The molecule has 5 rings (SSSR count). The second-order valence-corrected chi connectivity index (χ2v) is 12.6. The van der Waals surface area contributed by atoms with E-state index < -0.39 is 20.8 Å². The van der Waals surface area contributed by atoms with Gasteiger partial charge in [0.15, 0.2) is 15.7 Å². The van der Waals surface area contributed by atoms with Crippen LogP contribution in [-0.2, 0) is 21.1 Å². The number of alkyl halides is 1. The molecule has 2 fully saturated rings. The Morgan fingerprint density at radius 1 is 1.12 bits per heavy atom. The smallest absolute Gasteiger partial charge is 0.232 e. The average molecular weight is 472 g/mol. The molecule has 1 aromatic heterocycles. The van der Waals surface area contributed by atoms with Crippen LogP contribution < -0.4 is 4.90 Å². The molecule has 0 N–H and O–H groups in total. The first-order valence-corrected chi connectivity index (χ1v) is 13.5. The van der Waals surface area contributed by atoms with E-state index in [-0.39, 0.29) is 42.9 Å². The van der Waals surface area contributed by atoms with Crippen LogP contribution >= 0.6 is 0 Å². The predicted octanol–water partition coefficient (Wildman–Crippen LogP) is 4.38. The first-order valence-electron chi connectivity index (χ1n) is 11.9. The first kappa shape index (κ1) is 22.4. The van der Waals surface area contributed by atoms with Crippen LogP contribution in [0.3, 0.4) is 0 Å². The molecule has 0 spiro atoms. The van der Waals surface area contributed by atoms with Crippen molar-refractivity contribution < 1.29 is 17.6 Å². The van der Waals surface area contributed by atoms with Crippen LogP contribution in [0.1, 0.15) is 69.4 Å². The van der Waals surface area contributed by atoms with Gasteiger partial charge < -0.3 is 0 Å². The summed E-state index contributed by atoms with van der Waals surface area (Å²) >= 11 is 0. The van der Waals surface area contributed by atoms with Crippen LogP contribution in [0.5, 0.6) is 0 Å². The summed E-state index contributed by atoms with van der Waals surface area (Å²) in [6, 6.07) is 7.93. The van der Waals surface area contributed by atoms with Gasteiger partial charge in [-0.3, -0.25) is 9.69 Å². The summed E-state index contributed by atoms with van der Waals surface area (Å²) in [4.78, 5) is 23.5. The maximum atomic E-state index is 15.8. The summed E-state index contributed by atoms with van der Waals surface area (Å²) in [5, 5.41) is -0.664. The molecule has 33 heavy (non-hydrogen) atoms. The Bertz CT molecular complexity index is 1190. The van der Waals surface area contributed by atoms with Gasteiger partial charge in [0.05, 0.1) is 23.5 Å². The summed E-state index contributed by atoms with van der Waals surface area (Å²) < 4.78 is 41.0. The molecular weight excluding hydrogens is 441 g/mol. The van der Waals surface area contributed by atoms with E-state index in [9.17, 15) is 13.2 Å². The number of fused-ring (bicyclic) bond motifs is 1. The van der Waals surface area contributed by atoms with Gasteiger partial charge in [0.1, 0.15) is 11.5 Å². The van der Waals surface area contributed by atoms with Gasteiger partial charge in [-0.15, -0.1) is 0 Å². The molecule has 0 bridgehead atoms. The minimum absolute atomic E-state index is 0.0860. The Balaban J connectivity index is 1.37. The zero-order valence-electron chi connectivity index (χ0n) is 19.1. The molecule has 3 aliphatic rings. The molecule has 0 unspecified atom stereocenters. The number of benzene rings is 1. The number of carbonyl (C=O) groups is 1. The van der Waals surface area contributed by atoms with Crippen molar-refractivity contribution in [3.8, 4) is 11.4 Å². The Morgan fingerprint density at radius 2 is 1.79 bits per heavy atom. The van der Waals surface area contributed by atoms with Gasteiger partial charge in [0, 0.05) is 17.3 Å². The standard InChI is InChI=1S/C25H30FN3O3S/c1-16(2)20-5-3-4-6-21(20)23-27-14-17-13-22(30)29(24(17)28-23)15-25(26)11-9-19(10-12-25)33(31,32)18-7-8-18/h3-6,14,16,18-19H,7-13,15H2,1-2H3. The van der Waals surface area contributed by atoms with Gasteiger partial charge in [-0.1, -0.05) is 38.1 Å². The second-order valence-electron chi connectivity index (χ2n) is 10.1. The number of carbonyl (C=O) groups excluding carboxylic acids is 1. The monoisotopic (exact) mass is 471 g/mol. The van der Waals surface area contributed by atoms with E-state index in [1.807, 2.05) is 24.3 Å². The van der Waals surface area contributed by atoms with E-state index in [1.54, 1.807) is 6.20 Å². The van der Waals surface area contributed by atoms with Gasteiger partial charge in [-0.2, -0.15) is 0 Å². The molecule has 1 amide bonds. The molecule has 8 heteroatoms. The van der Waals surface area contributed by atoms with Crippen molar-refractivity contribution in [2.24, 2.45) is 0 Å². The van der Waals surface area contributed by atoms with E-state index in [1.165, 1.54) is 4.90 Å². The lowest BCUT2D eigenvalue weighted by Gasteiger charge is -2.36. The Morgan fingerprint density at radius 3 is 2.45 bits per heavy atom. The van der Waals surface area contributed by atoms with Crippen molar-refractivity contribution in [1.82, 2.24) is 9.97 Å². The maximum Gasteiger partial charge on any atom is 0.232 e. The fourth-order valence-electron chi connectivity index (χ4n) is 5.18. The topological polar surface area (TPSA) is 80.2 Å². The minimum Gasteiger partial charge on any atom is -0.293 e. The zero-order chi connectivity index (χ0) is 23.4. The maximum absolute atomic E-state index is 15.8. The summed E-state index contributed by atoms with van der Waals surface area (Å²) in [6.07, 6.45) is 4.25. The van der Waals surface area contributed by atoms with Crippen molar-refractivity contribution in [3.05, 3.63) is 41.6 Å². The number of halogens is 1. The Hall–Kier alpha value is -2.35. The molecular formula is C25H30FN3O3S. The molecule has 2 saturated carbocycles. The number of anilines is 1. The normalized spacial score (nSPS) is 25.5. The number of nitrogens with zero attached hydrogens (tertiary/aromatic N) is 3. The van der Waals surface area contributed by atoms with E-state index in [4.69, 9.17) is 4.98 Å². The molecule has 176 valence electrons. The second kappa shape index (κ2) is 8.15. The minimum atomic E-state index is -3.14. The fraction of sp³-hybridized carbons (Fsp3) is 0.560. The van der Waals surface area contributed by atoms with Crippen molar-refractivity contribution in [1.29, 1.82) is 0 Å². The SMILES string of the molecule is CC(C)c1ccccc1-c1ncc2c(n1)N(CC1(F)CCC(S(=O)(=O)C3CC3)CC1)C(=O)C2. The van der Waals surface area contributed by atoms with Gasteiger partial charge in [0.25, 0.3) is 0 Å². The summed E-state index contributed by atoms with van der Waals surface area (Å²) in [5.41, 5.74) is 1.13. The highest BCUT2D eigenvalue weighted by Gasteiger charge is 2.47. The van der Waals surface area contributed by atoms with Gasteiger partial charge >= 0.3 is 0 Å². The number of aromatic nitrogens is 2. The van der Waals surface area contributed by atoms with Crippen molar-refractivity contribution >= 4 is 21.6 Å². The molecule has 2 aliphatic carbocycles. The number of rotatable bonds is 6. The lowest BCUT2D eigenvalue weighted by atomic mass is 9.85. The fourth-order valence-corrected chi connectivity index (χ4v) is 7.41. The molecule has 6 nitrogen and oxygen atoms in total.